The number of nitro benzene ring substituents is 1. The number of nitrogen functional groups attached to an aromatic ring is 1. The number of hydrogen-bond acceptors (Lipinski definition) is 5. The second-order valence-electron chi connectivity index (χ2n) is 4.33. The van der Waals surface area contributed by atoms with Crippen LogP contribution in [0.3, 0.4) is 0 Å². The molecule has 2 rings (SSSR count). The normalized spacial score (nSPS) is 10.1. The van der Waals surface area contributed by atoms with Gasteiger partial charge in [0.25, 0.3) is 11.6 Å². The molecule has 7 nitrogen and oxygen atoms in total. The molecular weight excluding hydrogens is 310 g/mol. The van der Waals surface area contributed by atoms with Crippen molar-refractivity contribution in [3.63, 3.8) is 0 Å². The third kappa shape index (κ3) is 3.72. The largest absolute Gasteiger partial charge is 0.488 e. The van der Waals surface area contributed by atoms with Crippen LogP contribution in [-0.4, -0.2) is 10.8 Å². The molecule has 0 aliphatic heterocycles. The minimum absolute atomic E-state index is 0.00864. The second-order valence-corrected chi connectivity index (χ2v) is 4.76. The summed E-state index contributed by atoms with van der Waals surface area (Å²) in [5, 5.41) is 11.4. The lowest BCUT2D eigenvalue weighted by Gasteiger charge is -2.10. The van der Waals surface area contributed by atoms with Crippen LogP contribution in [0, 0.1) is 10.1 Å². The van der Waals surface area contributed by atoms with Crippen molar-refractivity contribution < 1.29 is 14.5 Å². The Morgan fingerprint density at radius 2 is 1.95 bits per heavy atom. The quantitative estimate of drug-likeness (QED) is 0.380. The fraction of sp³-hybridized carbons (Fsp3) is 0.0714. The zero-order valence-electron chi connectivity index (χ0n) is 11.3. The lowest BCUT2D eigenvalue weighted by Crippen LogP contribution is -2.30. The molecule has 22 heavy (non-hydrogen) atoms. The highest BCUT2D eigenvalue weighted by molar-refractivity contribution is 6.30. The average molecular weight is 322 g/mol. The fourth-order valence-corrected chi connectivity index (χ4v) is 1.88. The second kappa shape index (κ2) is 6.88. The van der Waals surface area contributed by atoms with Crippen molar-refractivity contribution in [1.29, 1.82) is 0 Å². The number of amides is 1. The first-order valence-electron chi connectivity index (χ1n) is 6.18. The van der Waals surface area contributed by atoms with E-state index in [9.17, 15) is 14.9 Å². The number of non-ortho nitro benzene ring substituents is 1. The Labute approximate surface area is 130 Å². The van der Waals surface area contributed by atoms with Crippen LogP contribution in [0.5, 0.6) is 5.75 Å². The number of hydrogen-bond donors (Lipinski definition) is 2. The zero-order chi connectivity index (χ0) is 16.1. The summed E-state index contributed by atoms with van der Waals surface area (Å²) in [6.07, 6.45) is 0. The third-order valence-electron chi connectivity index (χ3n) is 2.86. The van der Waals surface area contributed by atoms with Crippen molar-refractivity contribution in [3.05, 3.63) is 68.7 Å². The van der Waals surface area contributed by atoms with E-state index in [4.69, 9.17) is 22.2 Å². The van der Waals surface area contributed by atoms with Crippen LogP contribution >= 0.6 is 11.6 Å². The minimum atomic E-state index is -0.671. The monoisotopic (exact) mass is 321 g/mol. The number of halogens is 1. The van der Waals surface area contributed by atoms with Crippen molar-refractivity contribution in [2.24, 2.45) is 5.84 Å². The Balaban J connectivity index is 2.23. The summed E-state index contributed by atoms with van der Waals surface area (Å²) >= 11 is 5.79. The number of ether oxygens (including phenoxy) is 1. The Hall–Kier alpha value is -2.64. The molecule has 0 spiro atoms. The van der Waals surface area contributed by atoms with E-state index in [1.54, 1.807) is 24.3 Å². The number of carbonyl (C=O) groups excluding carboxylic acids is 1. The maximum Gasteiger partial charge on any atom is 0.270 e. The lowest BCUT2D eigenvalue weighted by molar-refractivity contribution is -0.384. The van der Waals surface area contributed by atoms with Gasteiger partial charge in [-0.1, -0.05) is 23.7 Å². The molecule has 1 amide bonds. The Bertz CT molecular complexity index is 704. The minimum Gasteiger partial charge on any atom is -0.488 e. The molecule has 114 valence electrons. The van der Waals surface area contributed by atoms with E-state index in [1.165, 1.54) is 12.1 Å². The van der Waals surface area contributed by atoms with E-state index in [0.717, 1.165) is 11.6 Å². The predicted octanol–water partition coefficient (Wildman–Crippen LogP) is 2.43. The van der Waals surface area contributed by atoms with Gasteiger partial charge in [0, 0.05) is 17.2 Å². The highest BCUT2D eigenvalue weighted by Crippen LogP contribution is 2.25. The van der Waals surface area contributed by atoms with Crippen LogP contribution in [-0.2, 0) is 6.61 Å². The molecule has 2 aromatic rings. The van der Waals surface area contributed by atoms with Crippen molar-refractivity contribution in [1.82, 2.24) is 5.43 Å². The summed E-state index contributed by atoms with van der Waals surface area (Å²) in [6.45, 7) is 0.180. The first-order valence-corrected chi connectivity index (χ1v) is 6.55. The Morgan fingerprint density at radius 1 is 1.27 bits per heavy atom. The van der Waals surface area contributed by atoms with E-state index >= 15 is 0 Å². The van der Waals surface area contributed by atoms with E-state index in [1.807, 2.05) is 5.43 Å². The SMILES string of the molecule is NNC(=O)c1cc([N+](=O)[O-])ccc1OCc1ccc(Cl)cc1. The summed E-state index contributed by atoms with van der Waals surface area (Å²) in [5.74, 6) is 4.61. The number of nitrogens with zero attached hydrogens (tertiary/aromatic N) is 1. The van der Waals surface area contributed by atoms with Gasteiger partial charge >= 0.3 is 0 Å². The predicted molar refractivity (Wildman–Crippen MR) is 80.5 cm³/mol. The van der Waals surface area contributed by atoms with Crippen LogP contribution in [0.1, 0.15) is 15.9 Å². The Morgan fingerprint density at radius 3 is 2.55 bits per heavy atom. The van der Waals surface area contributed by atoms with Gasteiger partial charge < -0.3 is 4.74 Å². The van der Waals surface area contributed by atoms with Crippen molar-refractivity contribution >= 4 is 23.2 Å². The van der Waals surface area contributed by atoms with Gasteiger partial charge in [0.15, 0.2) is 0 Å². The van der Waals surface area contributed by atoms with Crippen LogP contribution < -0.4 is 16.0 Å². The molecule has 0 fully saturated rings. The summed E-state index contributed by atoms with van der Waals surface area (Å²) in [4.78, 5) is 21.9. The van der Waals surface area contributed by atoms with Gasteiger partial charge in [-0.05, 0) is 23.8 Å². The van der Waals surface area contributed by atoms with Crippen LogP contribution in [0.2, 0.25) is 5.02 Å². The van der Waals surface area contributed by atoms with Crippen molar-refractivity contribution in [2.45, 2.75) is 6.61 Å². The Kier molecular flexibility index (Phi) is 4.92. The van der Waals surface area contributed by atoms with Gasteiger partial charge in [-0.2, -0.15) is 0 Å². The number of hydrazine groups is 1. The molecule has 0 unspecified atom stereocenters. The smallest absolute Gasteiger partial charge is 0.270 e. The van der Waals surface area contributed by atoms with E-state index < -0.39 is 10.8 Å². The molecule has 0 atom stereocenters. The number of carbonyl (C=O) groups is 1. The highest BCUT2D eigenvalue weighted by Gasteiger charge is 2.17. The van der Waals surface area contributed by atoms with Crippen LogP contribution in [0.25, 0.3) is 0 Å². The molecule has 0 saturated heterocycles. The van der Waals surface area contributed by atoms with Gasteiger partial charge in [0.1, 0.15) is 12.4 Å². The molecular formula is C14H12ClN3O4. The number of nitrogens with one attached hydrogen (secondary N) is 1. The number of nitrogens with two attached hydrogens (primary N) is 1. The molecule has 0 heterocycles. The molecule has 2 aromatic carbocycles. The third-order valence-corrected chi connectivity index (χ3v) is 3.11. The molecule has 0 aliphatic carbocycles. The van der Waals surface area contributed by atoms with Gasteiger partial charge in [-0.3, -0.25) is 20.3 Å². The summed E-state index contributed by atoms with van der Waals surface area (Å²) in [5.41, 5.74) is 2.54. The van der Waals surface area contributed by atoms with Gasteiger partial charge in [-0.25, -0.2) is 5.84 Å². The van der Waals surface area contributed by atoms with Gasteiger partial charge in [0.2, 0.25) is 0 Å². The molecule has 0 aromatic heterocycles. The molecule has 0 saturated carbocycles. The van der Waals surface area contributed by atoms with E-state index in [-0.39, 0.29) is 23.6 Å². The number of benzene rings is 2. The van der Waals surface area contributed by atoms with Crippen LogP contribution in [0.15, 0.2) is 42.5 Å². The highest BCUT2D eigenvalue weighted by atomic mass is 35.5. The summed E-state index contributed by atoms with van der Waals surface area (Å²) in [6, 6.07) is 10.7. The summed E-state index contributed by atoms with van der Waals surface area (Å²) in [7, 11) is 0. The van der Waals surface area contributed by atoms with Crippen molar-refractivity contribution in [3.8, 4) is 5.75 Å². The molecule has 3 N–H and O–H groups in total. The van der Waals surface area contributed by atoms with Crippen molar-refractivity contribution in [2.75, 3.05) is 0 Å². The topological polar surface area (TPSA) is 107 Å². The maximum atomic E-state index is 11.7. The number of nitro groups is 1. The standard InChI is InChI=1S/C14H12ClN3O4/c15-10-3-1-9(2-4-10)8-22-13-6-5-11(18(20)21)7-12(13)14(19)17-16/h1-7H,8,16H2,(H,17,19). The first-order chi connectivity index (χ1) is 10.5. The average Bonchev–Trinajstić information content (AvgIpc) is 2.53. The fourth-order valence-electron chi connectivity index (χ4n) is 1.75. The lowest BCUT2D eigenvalue weighted by atomic mass is 10.1. The molecule has 0 aliphatic rings. The molecule has 0 radical (unpaired) electrons. The summed E-state index contributed by atoms with van der Waals surface area (Å²) < 4.78 is 5.54. The van der Waals surface area contributed by atoms with Gasteiger partial charge in [0.05, 0.1) is 10.5 Å². The zero-order valence-corrected chi connectivity index (χ0v) is 12.0. The van der Waals surface area contributed by atoms with Crippen LogP contribution in [0.4, 0.5) is 5.69 Å². The van der Waals surface area contributed by atoms with E-state index in [2.05, 4.69) is 0 Å². The molecule has 8 heteroatoms. The molecule has 0 bridgehead atoms. The van der Waals surface area contributed by atoms with Gasteiger partial charge in [-0.15, -0.1) is 0 Å². The van der Waals surface area contributed by atoms with E-state index in [0.29, 0.717) is 5.02 Å². The number of rotatable bonds is 5. The maximum absolute atomic E-state index is 11.7. The first kappa shape index (κ1) is 15.7.